The second kappa shape index (κ2) is 31.6. The van der Waals surface area contributed by atoms with Gasteiger partial charge in [0, 0.05) is 13.6 Å². The first kappa shape index (κ1) is 39.7. The van der Waals surface area contributed by atoms with Crippen LogP contribution in [0.25, 0.3) is 0 Å². The number of carbonyl (C=O) groups is 1. The van der Waals surface area contributed by atoms with E-state index in [4.69, 9.17) is 4.74 Å². The van der Waals surface area contributed by atoms with E-state index in [1.54, 1.807) is 4.90 Å². The van der Waals surface area contributed by atoms with Crippen LogP contribution in [-0.4, -0.2) is 55.2 Å². The molecule has 1 atom stereocenters. The maximum Gasteiger partial charge on any atom is 0.409 e. The van der Waals surface area contributed by atoms with E-state index in [1.165, 1.54) is 116 Å². The van der Waals surface area contributed by atoms with Crippen LogP contribution < -0.4 is 0 Å². The van der Waals surface area contributed by atoms with E-state index < -0.39 is 0 Å². The van der Waals surface area contributed by atoms with Crippen LogP contribution in [0.5, 0.6) is 0 Å². The standard InChI is InChI=1S/C37H72N2O2/c1-6-10-12-14-16-17-18-19-20-21-22-23-24-26-28-30-33-36(32-29-27-25-15-13-11-7-2)41-37(40)38(5)34-31-35-39(8-3)9-4/h16-17,19-20,36H,6-15,18,21-35H2,1-5H3/b17-16-,20-19-. The number of hydrogen-bond donors (Lipinski definition) is 0. The Morgan fingerprint density at radius 2 is 1.05 bits per heavy atom. The van der Waals surface area contributed by atoms with E-state index >= 15 is 0 Å². The molecule has 0 bridgehead atoms. The molecular formula is C37H72N2O2. The SMILES string of the molecule is CCCCC/C=C\C/C=C\CCCCCCCCC(CCCCCCCCC)OC(=O)N(C)CCCN(CC)CC. The highest BCUT2D eigenvalue weighted by Crippen LogP contribution is 2.18. The maximum atomic E-state index is 12.8. The number of hydrogen-bond acceptors (Lipinski definition) is 3. The maximum absolute atomic E-state index is 12.8. The Bertz CT molecular complexity index is 600. The van der Waals surface area contributed by atoms with Crippen LogP contribution in [0.3, 0.4) is 0 Å². The Hall–Kier alpha value is -1.29. The Labute approximate surface area is 257 Å². The van der Waals surface area contributed by atoms with Gasteiger partial charge in [-0.15, -0.1) is 0 Å². The molecule has 0 aromatic heterocycles. The van der Waals surface area contributed by atoms with Gasteiger partial charge in [0.15, 0.2) is 0 Å². The third kappa shape index (κ3) is 27.3. The molecule has 242 valence electrons. The van der Waals surface area contributed by atoms with E-state index in [1.807, 2.05) is 7.05 Å². The number of carbonyl (C=O) groups excluding carboxylic acids is 1. The molecule has 0 saturated heterocycles. The lowest BCUT2D eigenvalue weighted by atomic mass is 10.0. The highest BCUT2D eigenvalue weighted by molar-refractivity contribution is 5.67. The van der Waals surface area contributed by atoms with Crippen LogP contribution in [-0.2, 0) is 4.74 Å². The Morgan fingerprint density at radius 3 is 1.59 bits per heavy atom. The van der Waals surface area contributed by atoms with Gasteiger partial charge in [-0.3, -0.25) is 0 Å². The van der Waals surface area contributed by atoms with Crippen molar-refractivity contribution in [2.75, 3.05) is 33.2 Å². The fourth-order valence-electron chi connectivity index (χ4n) is 5.35. The van der Waals surface area contributed by atoms with Crippen molar-refractivity contribution in [3.05, 3.63) is 24.3 Å². The summed E-state index contributed by atoms with van der Waals surface area (Å²) in [7, 11) is 1.90. The monoisotopic (exact) mass is 577 g/mol. The van der Waals surface area contributed by atoms with Crippen LogP contribution in [0.4, 0.5) is 4.79 Å². The summed E-state index contributed by atoms with van der Waals surface area (Å²) in [6, 6.07) is 0. The summed E-state index contributed by atoms with van der Waals surface area (Å²) in [6.07, 6.45) is 36.6. The van der Waals surface area contributed by atoms with Crippen molar-refractivity contribution >= 4 is 6.09 Å². The Kier molecular flexibility index (Phi) is 30.6. The van der Waals surface area contributed by atoms with E-state index in [0.29, 0.717) is 0 Å². The molecule has 0 aliphatic rings. The molecule has 0 N–H and O–H groups in total. The molecule has 41 heavy (non-hydrogen) atoms. The van der Waals surface area contributed by atoms with Crippen LogP contribution in [0.1, 0.15) is 169 Å². The van der Waals surface area contributed by atoms with E-state index in [9.17, 15) is 4.79 Å². The van der Waals surface area contributed by atoms with Crippen molar-refractivity contribution in [3.8, 4) is 0 Å². The molecule has 0 rings (SSSR count). The number of allylic oxidation sites excluding steroid dienone is 4. The molecule has 0 fully saturated rings. The normalized spacial score (nSPS) is 12.6. The van der Waals surface area contributed by atoms with Gasteiger partial charge >= 0.3 is 6.09 Å². The van der Waals surface area contributed by atoms with Gasteiger partial charge in [-0.2, -0.15) is 0 Å². The third-order valence-electron chi connectivity index (χ3n) is 8.30. The molecular weight excluding hydrogens is 504 g/mol. The van der Waals surface area contributed by atoms with E-state index in [2.05, 4.69) is 56.9 Å². The summed E-state index contributed by atoms with van der Waals surface area (Å²) < 4.78 is 6.05. The summed E-state index contributed by atoms with van der Waals surface area (Å²) in [4.78, 5) is 17.0. The van der Waals surface area contributed by atoms with Gasteiger partial charge in [0.25, 0.3) is 0 Å². The first-order chi connectivity index (χ1) is 20.1. The van der Waals surface area contributed by atoms with E-state index in [-0.39, 0.29) is 12.2 Å². The fourth-order valence-corrected chi connectivity index (χ4v) is 5.35. The second-order valence-corrected chi connectivity index (χ2v) is 12.1. The minimum absolute atomic E-state index is 0.0780. The fraction of sp³-hybridized carbons (Fsp3) is 0.865. The molecule has 0 heterocycles. The number of ether oxygens (including phenoxy) is 1. The van der Waals surface area contributed by atoms with Crippen LogP contribution in [0.15, 0.2) is 24.3 Å². The zero-order chi connectivity index (χ0) is 30.2. The molecule has 0 aliphatic carbocycles. The molecule has 0 saturated carbocycles. The second-order valence-electron chi connectivity index (χ2n) is 12.1. The molecule has 0 radical (unpaired) electrons. The molecule has 0 spiro atoms. The molecule has 1 amide bonds. The third-order valence-corrected chi connectivity index (χ3v) is 8.30. The van der Waals surface area contributed by atoms with Crippen molar-refractivity contribution < 1.29 is 9.53 Å². The average molecular weight is 577 g/mol. The van der Waals surface area contributed by atoms with Crippen LogP contribution in [0, 0.1) is 0 Å². The van der Waals surface area contributed by atoms with Crippen molar-refractivity contribution in [2.45, 2.75) is 175 Å². The molecule has 0 aromatic carbocycles. The van der Waals surface area contributed by atoms with Gasteiger partial charge in [-0.25, -0.2) is 4.79 Å². The van der Waals surface area contributed by atoms with Gasteiger partial charge in [-0.05, 0) is 83.8 Å². The first-order valence-electron chi connectivity index (χ1n) is 18.0. The number of unbranched alkanes of at least 4 members (excludes halogenated alkanes) is 15. The molecule has 1 unspecified atom stereocenters. The number of amides is 1. The van der Waals surface area contributed by atoms with Crippen LogP contribution in [0.2, 0.25) is 0 Å². The molecule has 0 aromatic rings. The van der Waals surface area contributed by atoms with Gasteiger partial charge in [0.2, 0.25) is 0 Å². The minimum atomic E-state index is -0.127. The predicted octanol–water partition coefficient (Wildman–Crippen LogP) is 11.5. The van der Waals surface area contributed by atoms with Gasteiger partial charge in [0.1, 0.15) is 6.10 Å². The zero-order valence-electron chi connectivity index (χ0n) is 28.5. The van der Waals surface area contributed by atoms with Gasteiger partial charge < -0.3 is 14.5 Å². The predicted molar refractivity (Wildman–Crippen MR) is 182 cm³/mol. The van der Waals surface area contributed by atoms with Crippen molar-refractivity contribution in [1.29, 1.82) is 0 Å². The molecule has 4 nitrogen and oxygen atoms in total. The number of rotatable bonds is 30. The van der Waals surface area contributed by atoms with Crippen LogP contribution >= 0.6 is 0 Å². The summed E-state index contributed by atoms with van der Waals surface area (Å²) in [5.41, 5.74) is 0. The van der Waals surface area contributed by atoms with Crippen molar-refractivity contribution in [1.82, 2.24) is 9.80 Å². The summed E-state index contributed by atoms with van der Waals surface area (Å²) in [5, 5.41) is 0. The van der Waals surface area contributed by atoms with Gasteiger partial charge in [-0.1, -0.05) is 129 Å². The lowest BCUT2D eigenvalue weighted by molar-refractivity contribution is 0.0575. The summed E-state index contributed by atoms with van der Waals surface area (Å²) in [6.45, 7) is 12.9. The average Bonchev–Trinajstić information content (AvgIpc) is 2.98. The van der Waals surface area contributed by atoms with E-state index in [0.717, 1.165) is 51.9 Å². The highest BCUT2D eigenvalue weighted by atomic mass is 16.6. The van der Waals surface area contributed by atoms with Crippen molar-refractivity contribution in [2.24, 2.45) is 0 Å². The Balaban J connectivity index is 4.19. The zero-order valence-corrected chi connectivity index (χ0v) is 28.5. The molecule has 0 aliphatic heterocycles. The first-order valence-corrected chi connectivity index (χ1v) is 18.0. The van der Waals surface area contributed by atoms with Gasteiger partial charge in [0.05, 0.1) is 0 Å². The molecule has 4 heteroatoms. The largest absolute Gasteiger partial charge is 0.446 e. The Morgan fingerprint density at radius 1 is 0.585 bits per heavy atom. The summed E-state index contributed by atoms with van der Waals surface area (Å²) >= 11 is 0. The minimum Gasteiger partial charge on any atom is -0.446 e. The lowest BCUT2D eigenvalue weighted by Crippen LogP contribution is -2.34. The van der Waals surface area contributed by atoms with Crippen molar-refractivity contribution in [3.63, 3.8) is 0 Å². The topological polar surface area (TPSA) is 32.8 Å². The smallest absolute Gasteiger partial charge is 0.409 e. The quantitative estimate of drug-likeness (QED) is 0.0629. The lowest BCUT2D eigenvalue weighted by Gasteiger charge is -2.24. The number of nitrogens with zero attached hydrogens (tertiary/aromatic N) is 2. The highest BCUT2D eigenvalue weighted by Gasteiger charge is 2.17. The summed E-state index contributed by atoms with van der Waals surface area (Å²) in [5.74, 6) is 0.